The molecule has 0 radical (unpaired) electrons. The minimum Gasteiger partial charge on any atom is -0.383 e. The molecule has 1 aromatic heterocycles. The first kappa shape index (κ1) is 19.0. The molecule has 0 bridgehead atoms. The number of benzene rings is 1. The van der Waals surface area contributed by atoms with Gasteiger partial charge in [-0.2, -0.15) is 0 Å². The van der Waals surface area contributed by atoms with E-state index in [2.05, 4.69) is 36.6 Å². The molecule has 136 valence electrons. The van der Waals surface area contributed by atoms with E-state index in [9.17, 15) is 0 Å². The van der Waals surface area contributed by atoms with Crippen LogP contribution in [0.15, 0.2) is 35.3 Å². The molecular formula is C19H29N5O. The van der Waals surface area contributed by atoms with Crippen LogP contribution in [-0.4, -0.2) is 51.3 Å². The van der Waals surface area contributed by atoms with Crippen molar-refractivity contribution in [3.05, 3.63) is 35.9 Å². The van der Waals surface area contributed by atoms with Gasteiger partial charge in [0.15, 0.2) is 5.96 Å². The van der Waals surface area contributed by atoms with Crippen LogP contribution in [0.5, 0.6) is 0 Å². The number of ether oxygens (including phenoxy) is 1. The number of anilines is 1. The highest BCUT2D eigenvalue weighted by Crippen LogP contribution is 2.22. The van der Waals surface area contributed by atoms with E-state index < -0.39 is 0 Å². The second-order valence-electron chi connectivity index (χ2n) is 6.25. The maximum absolute atomic E-state index is 5.19. The minimum atomic E-state index is 0.189. The number of fused-ring (bicyclic) bond motifs is 1. The number of aromatic nitrogens is 1. The molecule has 0 aliphatic heterocycles. The molecule has 0 fully saturated rings. The Morgan fingerprint density at radius 1 is 1.32 bits per heavy atom. The van der Waals surface area contributed by atoms with Gasteiger partial charge >= 0.3 is 0 Å². The second kappa shape index (κ2) is 9.22. The first-order valence-electron chi connectivity index (χ1n) is 8.65. The van der Waals surface area contributed by atoms with Crippen molar-refractivity contribution in [2.24, 2.45) is 4.99 Å². The first-order chi connectivity index (χ1) is 12.0. The van der Waals surface area contributed by atoms with Gasteiger partial charge < -0.3 is 20.3 Å². The van der Waals surface area contributed by atoms with Crippen LogP contribution >= 0.6 is 0 Å². The van der Waals surface area contributed by atoms with Gasteiger partial charge in [-0.15, -0.1) is 0 Å². The van der Waals surface area contributed by atoms with Gasteiger partial charge in [-0.05, 0) is 31.5 Å². The molecule has 1 unspecified atom stereocenters. The predicted octanol–water partition coefficient (Wildman–Crippen LogP) is 2.39. The molecule has 0 amide bonds. The number of methoxy groups -OCH3 is 1. The largest absolute Gasteiger partial charge is 0.383 e. The molecule has 1 heterocycles. The molecule has 0 aliphatic rings. The normalized spacial score (nSPS) is 12.9. The molecule has 1 aromatic carbocycles. The van der Waals surface area contributed by atoms with Crippen molar-refractivity contribution < 1.29 is 4.74 Å². The maximum atomic E-state index is 5.19. The SMILES string of the molecule is CCNC(=NCc1cc(N(C)C)nc2ccccc12)NC(C)COC. The first-order valence-corrected chi connectivity index (χ1v) is 8.65. The lowest BCUT2D eigenvalue weighted by Crippen LogP contribution is -2.43. The molecule has 0 saturated heterocycles. The van der Waals surface area contributed by atoms with Crippen LogP contribution in [0, 0.1) is 0 Å². The number of pyridine rings is 1. The number of nitrogens with zero attached hydrogens (tertiary/aromatic N) is 3. The van der Waals surface area contributed by atoms with Crippen LogP contribution in [0.3, 0.4) is 0 Å². The van der Waals surface area contributed by atoms with Gasteiger partial charge in [-0.3, -0.25) is 0 Å². The summed E-state index contributed by atoms with van der Waals surface area (Å²) in [6.45, 7) is 6.16. The van der Waals surface area contributed by atoms with Gasteiger partial charge in [-0.1, -0.05) is 18.2 Å². The van der Waals surface area contributed by atoms with Crippen LogP contribution in [0.1, 0.15) is 19.4 Å². The second-order valence-corrected chi connectivity index (χ2v) is 6.25. The number of guanidine groups is 1. The number of hydrogen-bond acceptors (Lipinski definition) is 4. The fourth-order valence-corrected chi connectivity index (χ4v) is 2.60. The molecule has 25 heavy (non-hydrogen) atoms. The van der Waals surface area contributed by atoms with E-state index >= 15 is 0 Å². The highest BCUT2D eigenvalue weighted by Gasteiger charge is 2.08. The molecule has 2 aromatic rings. The van der Waals surface area contributed by atoms with Gasteiger partial charge in [0.05, 0.1) is 18.7 Å². The zero-order valence-electron chi connectivity index (χ0n) is 15.8. The average molecular weight is 343 g/mol. The van der Waals surface area contributed by atoms with E-state index in [-0.39, 0.29) is 6.04 Å². The fraction of sp³-hybridized carbons (Fsp3) is 0.474. The lowest BCUT2D eigenvalue weighted by Gasteiger charge is -2.18. The summed E-state index contributed by atoms with van der Waals surface area (Å²) in [5.74, 6) is 1.73. The Morgan fingerprint density at radius 2 is 2.08 bits per heavy atom. The van der Waals surface area contributed by atoms with Gasteiger partial charge in [0.25, 0.3) is 0 Å². The molecule has 6 nitrogen and oxygen atoms in total. The standard InChI is InChI=1S/C19H29N5O/c1-6-20-19(22-14(2)13-25-5)21-12-15-11-18(24(3)4)23-17-10-8-7-9-16(15)17/h7-11,14H,6,12-13H2,1-5H3,(H2,20,21,22). The molecule has 6 heteroatoms. The van der Waals surface area contributed by atoms with Crippen molar-refractivity contribution in [1.82, 2.24) is 15.6 Å². The summed E-state index contributed by atoms with van der Waals surface area (Å²) < 4.78 is 5.19. The Bertz CT molecular complexity index is 714. The quantitative estimate of drug-likeness (QED) is 0.597. The van der Waals surface area contributed by atoms with Crippen molar-refractivity contribution in [2.45, 2.75) is 26.4 Å². The molecule has 2 N–H and O–H groups in total. The predicted molar refractivity (Wildman–Crippen MR) is 105 cm³/mol. The van der Waals surface area contributed by atoms with E-state index in [4.69, 9.17) is 14.7 Å². The van der Waals surface area contributed by atoms with Crippen molar-refractivity contribution >= 4 is 22.7 Å². The summed E-state index contributed by atoms with van der Waals surface area (Å²) in [6, 6.07) is 10.5. The summed E-state index contributed by atoms with van der Waals surface area (Å²) in [7, 11) is 5.71. The van der Waals surface area contributed by atoms with E-state index in [0.717, 1.165) is 34.8 Å². The van der Waals surface area contributed by atoms with Crippen LogP contribution < -0.4 is 15.5 Å². The summed E-state index contributed by atoms with van der Waals surface area (Å²) in [5, 5.41) is 7.78. The smallest absolute Gasteiger partial charge is 0.191 e. The van der Waals surface area contributed by atoms with Crippen LogP contribution in [0.25, 0.3) is 10.9 Å². The van der Waals surface area contributed by atoms with Crippen molar-refractivity contribution in [3.8, 4) is 0 Å². The zero-order chi connectivity index (χ0) is 18.2. The van der Waals surface area contributed by atoms with E-state index in [1.807, 2.05) is 37.2 Å². The van der Waals surface area contributed by atoms with Crippen LogP contribution in [0.4, 0.5) is 5.82 Å². The molecule has 2 rings (SSSR count). The topological polar surface area (TPSA) is 61.8 Å². The van der Waals surface area contributed by atoms with Crippen molar-refractivity contribution in [1.29, 1.82) is 0 Å². The van der Waals surface area contributed by atoms with E-state index in [1.54, 1.807) is 7.11 Å². The summed E-state index contributed by atoms with van der Waals surface area (Å²) in [5.41, 5.74) is 2.15. The Balaban J connectivity index is 2.30. The third-order valence-corrected chi connectivity index (χ3v) is 3.80. The van der Waals surface area contributed by atoms with Crippen molar-refractivity contribution in [2.75, 3.05) is 39.3 Å². The number of aliphatic imine (C=N–C) groups is 1. The summed E-state index contributed by atoms with van der Waals surface area (Å²) in [6.07, 6.45) is 0. The zero-order valence-corrected chi connectivity index (χ0v) is 15.8. The van der Waals surface area contributed by atoms with Crippen molar-refractivity contribution in [3.63, 3.8) is 0 Å². The lowest BCUT2D eigenvalue weighted by molar-refractivity contribution is 0.179. The van der Waals surface area contributed by atoms with Crippen LogP contribution in [0.2, 0.25) is 0 Å². The molecular weight excluding hydrogens is 314 g/mol. The number of hydrogen-bond donors (Lipinski definition) is 2. The minimum absolute atomic E-state index is 0.189. The highest BCUT2D eigenvalue weighted by atomic mass is 16.5. The Morgan fingerprint density at radius 3 is 2.76 bits per heavy atom. The third kappa shape index (κ3) is 5.32. The molecule has 0 spiro atoms. The van der Waals surface area contributed by atoms with Crippen LogP contribution in [-0.2, 0) is 11.3 Å². The fourth-order valence-electron chi connectivity index (χ4n) is 2.60. The van der Waals surface area contributed by atoms with Gasteiger partial charge in [0.1, 0.15) is 5.82 Å². The monoisotopic (exact) mass is 343 g/mol. The Hall–Kier alpha value is -2.34. The number of rotatable bonds is 7. The third-order valence-electron chi connectivity index (χ3n) is 3.80. The number of para-hydroxylation sites is 1. The maximum Gasteiger partial charge on any atom is 0.191 e. The lowest BCUT2D eigenvalue weighted by atomic mass is 10.1. The average Bonchev–Trinajstić information content (AvgIpc) is 2.59. The van der Waals surface area contributed by atoms with Gasteiger partial charge in [0, 0.05) is 39.2 Å². The Labute approximate surface area is 150 Å². The summed E-state index contributed by atoms with van der Waals surface area (Å²) >= 11 is 0. The molecule has 1 atom stereocenters. The molecule has 0 saturated carbocycles. The van der Waals surface area contributed by atoms with E-state index in [0.29, 0.717) is 13.2 Å². The number of nitrogens with one attached hydrogen (secondary N) is 2. The summed E-state index contributed by atoms with van der Waals surface area (Å²) in [4.78, 5) is 11.5. The molecule has 0 aliphatic carbocycles. The van der Waals surface area contributed by atoms with E-state index in [1.165, 1.54) is 0 Å². The Kier molecular flexibility index (Phi) is 7.01. The van der Waals surface area contributed by atoms with Gasteiger partial charge in [0.2, 0.25) is 0 Å². The van der Waals surface area contributed by atoms with Gasteiger partial charge in [-0.25, -0.2) is 9.98 Å². The highest BCUT2D eigenvalue weighted by molar-refractivity contribution is 5.85.